The van der Waals surface area contributed by atoms with E-state index in [1.807, 2.05) is 6.08 Å². The van der Waals surface area contributed by atoms with Gasteiger partial charge in [0.2, 0.25) is 5.91 Å². The van der Waals surface area contributed by atoms with Crippen LogP contribution in [0.3, 0.4) is 0 Å². The van der Waals surface area contributed by atoms with Crippen molar-refractivity contribution in [3.8, 4) is 0 Å². The van der Waals surface area contributed by atoms with E-state index in [2.05, 4.69) is 79.9 Å². The Morgan fingerprint density at radius 2 is 0.821 bits per heavy atom. The van der Waals surface area contributed by atoms with Crippen molar-refractivity contribution in [2.24, 2.45) is 0 Å². The van der Waals surface area contributed by atoms with E-state index in [0.717, 1.165) is 83.5 Å². The van der Waals surface area contributed by atoms with Gasteiger partial charge in [0.25, 0.3) is 0 Å². The molecule has 2 rings (SSSR count). The topological polar surface area (TPSA) is 228 Å². The molecule has 2 fully saturated rings. The van der Waals surface area contributed by atoms with Gasteiger partial charge in [-0.05, 0) is 64.2 Å². The third-order valence-electron chi connectivity index (χ3n) is 16.4. The van der Waals surface area contributed by atoms with E-state index in [-0.39, 0.29) is 18.9 Å². The van der Waals surface area contributed by atoms with Gasteiger partial charge in [0.15, 0.2) is 12.6 Å². The molecule has 12 unspecified atom stereocenters. The summed E-state index contributed by atoms with van der Waals surface area (Å²) in [5.74, 6) is -0.258. The third-order valence-corrected chi connectivity index (χ3v) is 16.4. The standard InChI is InChI=1S/C70H125NO13/c1-3-5-7-9-11-13-15-17-19-21-23-25-26-27-28-29-30-31-32-34-35-37-39-41-43-45-47-49-51-53-59(74)58(57-81-69-67(80)65(78)68(61(56-73)83-69)84-70-66(79)64(77)63(76)60(55-72)82-70)71-62(75)54-52-50-48-46-44-42-40-38-36-33-24-22-20-18-16-14-12-10-8-6-4-2/h6,8,12,14,18,20,24,33,38,40,51,53,58-61,63-70,72-74,76-80H,3-5,7,9-11,13,15-17,19,21-23,25-32,34-37,39,41-50,52,54-57H2,1-2H3,(H,71,75)/b8-6-,14-12-,20-18-,33-24-,40-38-,53-51+. The van der Waals surface area contributed by atoms with E-state index in [1.54, 1.807) is 6.08 Å². The Bertz CT molecular complexity index is 1690. The van der Waals surface area contributed by atoms with E-state index in [9.17, 15) is 45.6 Å². The van der Waals surface area contributed by atoms with Crippen LogP contribution in [0.15, 0.2) is 72.9 Å². The van der Waals surface area contributed by atoms with Crippen LogP contribution in [0.25, 0.3) is 0 Å². The van der Waals surface area contributed by atoms with Gasteiger partial charge >= 0.3 is 0 Å². The number of hydrogen-bond acceptors (Lipinski definition) is 13. The largest absolute Gasteiger partial charge is 0.394 e. The van der Waals surface area contributed by atoms with E-state index in [1.165, 1.54) is 161 Å². The molecule has 12 atom stereocenters. The summed E-state index contributed by atoms with van der Waals surface area (Å²) in [6.07, 6.45) is 56.7. The lowest BCUT2D eigenvalue weighted by atomic mass is 9.97. The highest BCUT2D eigenvalue weighted by molar-refractivity contribution is 5.76. The monoisotopic (exact) mass is 1190 g/mol. The summed E-state index contributed by atoms with van der Waals surface area (Å²) in [6, 6.07) is -0.931. The van der Waals surface area contributed by atoms with Crippen molar-refractivity contribution >= 4 is 5.91 Å². The van der Waals surface area contributed by atoms with Crippen LogP contribution in [0.4, 0.5) is 0 Å². The first-order valence-electron chi connectivity index (χ1n) is 34.2. The maximum absolute atomic E-state index is 13.3. The number of nitrogens with one attached hydrogen (secondary N) is 1. The van der Waals surface area contributed by atoms with Crippen LogP contribution in [0, 0.1) is 0 Å². The van der Waals surface area contributed by atoms with Crippen molar-refractivity contribution in [2.75, 3.05) is 19.8 Å². The maximum Gasteiger partial charge on any atom is 0.220 e. The Kier molecular flexibility index (Phi) is 50.4. The predicted octanol–water partition coefficient (Wildman–Crippen LogP) is 13.5. The van der Waals surface area contributed by atoms with E-state index in [0.29, 0.717) is 6.42 Å². The number of hydrogen-bond donors (Lipinski definition) is 9. The minimum absolute atomic E-state index is 0.256. The number of ether oxygens (including phenoxy) is 4. The Labute approximate surface area is 510 Å². The summed E-state index contributed by atoms with van der Waals surface area (Å²) in [6.45, 7) is 2.69. The zero-order chi connectivity index (χ0) is 60.9. The first-order valence-corrected chi connectivity index (χ1v) is 34.2. The lowest BCUT2D eigenvalue weighted by Crippen LogP contribution is -2.65. The molecule has 84 heavy (non-hydrogen) atoms. The molecule has 9 N–H and O–H groups in total. The maximum atomic E-state index is 13.3. The summed E-state index contributed by atoms with van der Waals surface area (Å²) < 4.78 is 22.8. The molecule has 488 valence electrons. The van der Waals surface area contributed by atoms with Gasteiger partial charge < -0.3 is 65.1 Å². The van der Waals surface area contributed by atoms with Crippen molar-refractivity contribution < 1.29 is 64.6 Å². The highest BCUT2D eigenvalue weighted by Crippen LogP contribution is 2.30. The Balaban J connectivity index is 1.70. The van der Waals surface area contributed by atoms with Gasteiger partial charge in [0.1, 0.15) is 48.8 Å². The highest BCUT2D eigenvalue weighted by Gasteiger charge is 2.51. The highest BCUT2D eigenvalue weighted by atomic mass is 16.7. The number of amides is 1. The van der Waals surface area contributed by atoms with Gasteiger partial charge in [-0.2, -0.15) is 0 Å². The molecule has 2 aliphatic heterocycles. The summed E-state index contributed by atoms with van der Waals surface area (Å²) in [4.78, 5) is 13.3. The Hall–Kier alpha value is -2.57. The minimum atomic E-state index is -1.79. The van der Waals surface area contributed by atoms with Crippen LogP contribution in [0.1, 0.15) is 271 Å². The smallest absolute Gasteiger partial charge is 0.220 e. The van der Waals surface area contributed by atoms with Crippen LogP contribution in [0.2, 0.25) is 0 Å². The number of carbonyl (C=O) groups excluding carboxylic acids is 1. The van der Waals surface area contributed by atoms with E-state index in [4.69, 9.17) is 18.9 Å². The molecular weight excluding hydrogens is 1060 g/mol. The quantitative estimate of drug-likeness (QED) is 0.0204. The zero-order valence-corrected chi connectivity index (χ0v) is 52.9. The predicted molar refractivity (Wildman–Crippen MR) is 341 cm³/mol. The fourth-order valence-corrected chi connectivity index (χ4v) is 11.0. The molecule has 14 heteroatoms. The molecule has 1 amide bonds. The molecule has 2 saturated heterocycles. The number of allylic oxidation sites excluding steroid dienone is 11. The lowest BCUT2D eigenvalue weighted by Gasteiger charge is -2.46. The number of carbonyl (C=O) groups is 1. The average molecular weight is 1190 g/mol. The fourth-order valence-electron chi connectivity index (χ4n) is 11.0. The van der Waals surface area contributed by atoms with Gasteiger partial charge in [0, 0.05) is 6.42 Å². The minimum Gasteiger partial charge on any atom is -0.394 e. The zero-order valence-electron chi connectivity index (χ0n) is 52.9. The van der Waals surface area contributed by atoms with Crippen molar-refractivity contribution in [3.05, 3.63) is 72.9 Å². The van der Waals surface area contributed by atoms with Crippen molar-refractivity contribution in [2.45, 2.75) is 344 Å². The van der Waals surface area contributed by atoms with Gasteiger partial charge in [-0.15, -0.1) is 0 Å². The number of aliphatic hydroxyl groups is 8. The molecule has 0 bridgehead atoms. The lowest BCUT2D eigenvalue weighted by molar-refractivity contribution is -0.359. The van der Waals surface area contributed by atoms with E-state index >= 15 is 0 Å². The molecular formula is C70H125NO13. The molecule has 0 aromatic heterocycles. The number of rotatable bonds is 55. The van der Waals surface area contributed by atoms with E-state index < -0.39 is 86.8 Å². The summed E-state index contributed by atoms with van der Waals surface area (Å²) >= 11 is 0. The van der Waals surface area contributed by atoms with Crippen LogP contribution in [-0.2, 0) is 23.7 Å². The van der Waals surface area contributed by atoms with Crippen LogP contribution < -0.4 is 5.32 Å². The van der Waals surface area contributed by atoms with Gasteiger partial charge in [-0.25, -0.2) is 0 Å². The van der Waals surface area contributed by atoms with Crippen molar-refractivity contribution in [1.29, 1.82) is 0 Å². The second-order valence-corrected chi connectivity index (χ2v) is 23.9. The van der Waals surface area contributed by atoms with Gasteiger partial charge in [-0.1, -0.05) is 273 Å². The van der Waals surface area contributed by atoms with Gasteiger partial charge in [0.05, 0.1) is 32.0 Å². The van der Waals surface area contributed by atoms with Crippen molar-refractivity contribution in [3.63, 3.8) is 0 Å². The summed E-state index contributed by atoms with van der Waals surface area (Å²) in [7, 11) is 0. The molecule has 0 aromatic carbocycles. The molecule has 0 aromatic rings. The summed E-state index contributed by atoms with van der Waals surface area (Å²) in [5, 5.41) is 87.4. The Morgan fingerprint density at radius 3 is 1.26 bits per heavy atom. The molecule has 2 heterocycles. The molecule has 2 aliphatic rings. The normalized spacial score (nSPS) is 24.1. The fraction of sp³-hybridized carbons (Fsp3) is 0.814. The van der Waals surface area contributed by atoms with Crippen LogP contribution >= 0.6 is 0 Å². The molecule has 0 saturated carbocycles. The Morgan fingerprint density at radius 1 is 0.440 bits per heavy atom. The molecule has 0 radical (unpaired) electrons. The van der Waals surface area contributed by atoms with Gasteiger partial charge in [-0.3, -0.25) is 4.79 Å². The number of aliphatic hydroxyl groups excluding tert-OH is 8. The summed E-state index contributed by atoms with van der Waals surface area (Å²) in [5.41, 5.74) is 0. The third kappa shape index (κ3) is 38.7. The van der Waals surface area contributed by atoms with Crippen molar-refractivity contribution in [1.82, 2.24) is 5.32 Å². The second kappa shape index (κ2) is 54.6. The molecule has 0 spiro atoms. The second-order valence-electron chi connectivity index (χ2n) is 23.9. The molecule has 14 nitrogen and oxygen atoms in total. The first-order chi connectivity index (χ1) is 41.1. The number of unbranched alkanes of at least 4 members (excludes halogenated alkanes) is 32. The SMILES string of the molecule is CC/C=C\C/C=C\C/C=C\C/C=C\C/C=C\CCCCCCCC(=O)NC(COC1OC(CO)C(OC2OC(CO)C(O)C(O)C2O)C(O)C1O)C(O)/C=C/CCCCCCCCCCCCCCCCCCCCCCCCCCCCC. The molecule has 0 aliphatic carbocycles. The first kappa shape index (κ1) is 77.5. The van der Waals surface area contributed by atoms with Crippen LogP contribution in [0.5, 0.6) is 0 Å². The van der Waals surface area contributed by atoms with Crippen LogP contribution in [-0.4, -0.2) is 140 Å². The average Bonchev–Trinajstić information content (AvgIpc) is 3.18.